The predicted octanol–water partition coefficient (Wildman–Crippen LogP) is 7.33. The molecule has 0 saturated carbocycles. The van der Waals surface area contributed by atoms with Crippen LogP contribution in [0.4, 0.5) is 13.2 Å². The van der Waals surface area contributed by atoms with Crippen LogP contribution in [0.1, 0.15) is 77.8 Å². The number of carbonyl (C=O) groups excluding carboxylic acids is 1. The van der Waals surface area contributed by atoms with Gasteiger partial charge >= 0.3 is 6.18 Å². The molecule has 3 aromatic rings. The molecule has 2 atom stereocenters. The van der Waals surface area contributed by atoms with Gasteiger partial charge in [-0.25, -0.2) is 0 Å². The largest absolute Gasteiger partial charge is 0.454 e. The lowest BCUT2D eigenvalue weighted by Gasteiger charge is -2.36. The Morgan fingerprint density at radius 1 is 0.950 bits per heavy atom. The zero-order valence-corrected chi connectivity index (χ0v) is 22.8. The van der Waals surface area contributed by atoms with E-state index in [2.05, 4.69) is 29.3 Å². The van der Waals surface area contributed by atoms with Crippen LogP contribution in [0, 0.1) is 5.92 Å². The number of amides is 1. The zero-order valence-electron chi connectivity index (χ0n) is 22.8. The molecule has 2 aliphatic heterocycles. The Bertz CT molecular complexity index is 1300. The summed E-state index contributed by atoms with van der Waals surface area (Å²) in [5, 5.41) is 2.96. The molecule has 212 valence electrons. The molecule has 1 N–H and O–H groups in total. The van der Waals surface area contributed by atoms with Gasteiger partial charge in [-0.05, 0) is 105 Å². The van der Waals surface area contributed by atoms with Crippen LogP contribution >= 0.6 is 0 Å². The highest BCUT2D eigenvalue weighted by Gasteiger charge is 2.30. The number of hydrogen-bond donors (Lipinski definition) is 1. The number of carbonyl (C=O) groups is 1. The highest BCUT2D eigenvalue weighted by Crippen LogP contribution is 2.36. The van der Waals surface area contributed by atoms with Crippen molar-refractivity contribution in [3.05, 3.63) is 94.5 Å². The summed E-state index contributed by atoms with van der Waals surface area (Å²) in [4.78, 5) is 15.4. The van der Waals surface area contributed by atoms with Gasteiger partial charge in [0.05, 0.1) is 11.6 Å². The van der Waals surface area contributed by atoms with Crippen LogP contribution in [0.2, 0.25) is 0 Å². The van der Waals surface area contributed by atoms with E-state index in [1.54, 1.807) is 0 Å². The Kier molecular flexibility index (Phi) is 8.35. The van der Waals surface area contributed by atoms with Gasteiger partial charge in [0, 0.05) is 11.6 Å². The van der Waals surface area contributed by atoms with E-state index in [1.165, 1.54) is 23.3 Å². The standard InChI is InChI=1S/C32H35F3N2O3/c1-3-28(24-8-11-27(12-9-24)32(33,34)35)36-31(38)25-6-4-22(5-7-25)18-23-14-16-37(17-15-23)21(2)26-10-13-29-30(19-26)40-20-39-29/h4-13,19,21,23,28H,3,14-18,20H2,1-2H3,(H,36,38)/t21-,28-/m1/s1. The number of piperidine rings is 1. The molecule has 0 aliphatic carbocycles. The molecule has 8 heteroatoms. The first-order valence-corrected chi connectivity index (χ1v) is 13.9. The van der Waals surface area contributed by atoms with E-state index in [1.807, 2.05) is 37.3 Å². The van der Waals surface area contributed by atoms with Gasteiger partial charge in [-0.2, -0.15) is 13.2 Å². The number of rotatable bonds is 8. The fourth-order valence-corrected chi connectivity index (χ4v) is 5.62. The molecule has 5 rings (SSSR count). The summed E-state index contributed by atoms with van der Waals surface area (Å²) in [7, 11) is 0. The molecular formula is C32H35F3N2O3. The number of nitrogens with zero attached hydrogens (tertiary/aromatic N) is 1. The minimum atomic E-state index is -4.38. The van der Waals surface area contributed by atoms with Gasteiger partial charge in [0.15, 0.2) is 11.5 Å². The quantitative estimate of drug-likeness (QED) is 0.318. The molecule has 1 saturated heterocycles. The van der Waals surface area contributed by atoms with E-state index in [0.29, 0.717) is 29.5 Å². The third kappa shape index (κ3) is 6.44. The van der Waals surface area contributed by atoms with Crippen molar-refractivity contribution in [2.75, 3.05) is 19.9 Å². The Balaban J connectivity index is 1.12. The van der Waals surface area contributed by atoms with Crippen molar-refractivity contribution in [2.24, 2.45) is 5.92 Å². The first-order valence-electron chi connectivity index (χ1n) is 13.9. The highest BCUT2D eigenvalue weighted by atomic mass is 19.4. The van der Waals surface area contributed by atoms with Crippen molar-refractivity contribution in [2.45, 2.75) is 57.8 Å². The first-order chi connectivity index (χ1) is 19.2. The molecule has 0 radical (unpaired) electrons. The molecule has 40 heavy (non-hydrogen) atoms. The van der Waals surface area contributed by atoms with Crippen LogP contribution in [-0.4, -0.2) is 30.7 Å². The van der Waals surface area contributed by atoms with Gasteiger partial charge in [-0.3, -0.25) is 9.69 Å². The second-order valence-corrected chi connectivity index (χ2v) is 10.7. The average Bonchev–Trinajstić information content (AvgIpc) is 3.44. The van der Waals surface area contributed by atoms with E-state index in [4.69, 9.17) is 9.47 Å². The predicted molar refractivity (Wildman–Crippen MR) is 147 cm³/mol. The third-order valence-corrected chi connectivity index (χ3v) is 8.17. The fraction of sp³-hybridized carbons (Fsp3) is 0.406. The highest BCUT2D eigenvalue weighted by molar-refractivity contribution is 5.94. The Morgan fingerprint density at radius 3 is 2.25 bits per heavy atom. The van der Waals surface area contributed by atoms with Crippen LogP contribution < -0.4 is 14.8 Å². The number of benzene rings is 3. The van der Waals surface area contributed by atoms with Crippen molar-refractivity contribution in [1.82, 2.24) is 10.2 Å². The molecule has 0 aromatic heterocycles. The van der Waals surface area contributed by atoms with Gasteiger partial charge in [0.25, 0.3) is 5.91 Å². The van der Waals surface area contributed by atoms with Crippen molar-refractivity contribution < 1.29 is 27.4 Å². The van der Waals surface area contributed by atoms with Crippen LogP contribution in [0.25, 0.3) is 0 Å². The summed E-state index contributed by atoms with van der Waals surface area (Å²) < 4.78 is 49.6. The maximum absolute atomic E-state index is 12.9. The normalized spacial score (nSPS) is 17.4. The minimum Gasteiger partial charge on any atom is -0.454 e. The summed E-state index contributed by atoms with van der Waals surface area (Å²) in [5.74, 6) is 1.98. The molecule has 2 heterocycles. The van der Waals surface area contributed by atoms with Gasteiger partial charge in [0.1, 0.15) is 0 Å². The number of nitrogens with one attached hydrogen (secondary N) is 1. The Morgan fingerprint density at radius 2 is 1.60 bits per heavy atom. The molecular weight excluding hydrogens is 517 g/mol. The van der Waals surface area contributed by atoms with E-state index in [0.717, 1.165) is 56.0 Å². The summed E-state index contributed by atoms with van der Waals surface area (Å²) in [5.41, 5.74) is 2.94. The number of alkyl halides is 3. The van der Waals surface area contributed by atoms with Gasteiger partial charge in [0.2, 0.25) is 6.79 Å². The third-order valence-electron chi connectivity index (χ3n) is 8.17. The smallest absolute Gasteiger partial charge is 0.416 e. The summed E-state index contributed by atoms with van der Waals surface area (Å²) in [6, 6.07) is 18.8. The van der Waals surface area contributed by atoms with Crippen LogP contribution in [-0.2, 0) is 12.6 Å². The van der Waals surface area contributed by atoms with Crippen LogP contribution in [0.15, 0.2) is 66.7 Å². The lowest BCUT2D eigenvalue weighted by Crippen LogP contribution is -2.36. The monoisotopic (exact) mass is 552 g/mol. The molecule has 2 aliphatic rings. The first kappa shape index (κ1) is 28.0. The molecule has 3 aromatic carbocycles. The second-order valence-electron chi connectivity index (χ2n) is 10.7. The van der Waals surface area contributed by atoms with Crippen molar-refractivity contribution in [1.29, 1.82) is 0 Å². The van der Waals surface area contributed by atoms with E-state index in [9.17, 15) is 18.0 Å². The molecule has 0 bridgehead atoms. The van der Waals surface area contributed by atoms with Crippen molar-refractivity contribution in [3.63, 3.8) is 0 Å². The number of likely N-dealkylation sites (tertiary alicyclic amines) is 1. The molecule has 5 nitrogen and oxygen atoms in total. The molecule has 1 amide bonds. The molecule has 0 spiro atoms. The number of ether oxygens (including phenoxy) is 2. The summed E-state index contributed by atoms with van der Waals surface area (Å²) >= 11 is 0. The fourth-order valence-electron chi connectivity index (χ4n) is 5.62. The number of fused-ring (bicyclic) bond motifs is 1. The zero-order chi connectivity index (χ0) is 28.3. The Hall–Kier alpha value is -3.52. The van der Waals surface area contributed by atoms with Crippen molar-refractivity contribution in [3.8, 4) is 11.5 Å². The SMILES string of the molecule is CC[C@@H](NC(=O)c1ccc(CC2CCN([C@H](C)c3ccc4c(c3)OCO4)CC2)cc1)c1ccc(C(F)(F)F)cc1. The number of halogens is 3. The van der Waals surface area contributed by atoms with E-state index in [-0.39, 0.29) is 18.7 Å². The lowest BCUT2D eigenvalue weighted by molar-refractivity contribution is -0.137. The van der Waals surface area contributed by atoms with Gasteiger partial charge in [-0.15, -0.1) is 0 Å². The second kappa shape index (κ2) is 11.9. The van der Waals surface area contributed by atoms with Crippen LogP contribution in [0.3, 0.4) is 0 Å². The summed E-state index contributed by atoms with van der Waals surface area (Å²) in [6.07, 6.45) is -0.613. The maximum Gasteiger partial charge on any atom is 0.416 e. The average molecular weight is 553 g/mol. The minimum absolute atomic E-state index is 0.232. The van der Waals surface area contributed by atoms with E-state index >= 15 is 0 Å². The van der Waals surface area contributed by atoms with Gasteiger partial charge < -0.3 is 14.8 Å². The molecule has 1 fully saturated rings. The maximum atomic E-state index is 12.9. The van der Waals surface area contributed by atoms with Crippen LogP contribution in [0.5, 0.6) is 11.5 Å². The lowest BCUT2D eigenvalue weighted by atomic mass is 9.89. The van der Waals surface area contributed by atoms with E-state index < -0.39 is 11.7 Å². The van der Waals surface area contributed by atoms with Crippen molar-refractivity contribution >= 4 is 5.91 Å². The Labute approximate surface area is 233 Å². The molecule has 0 unspecified atom stereocenters. The number of hydrogen-bond acceptors (Lipinski definition) is 4. The topological polar surface area (TPSA) is 50.8 Å². The summed E-state index contributed by atoms with van der Waals surface area (Å²) in [6.45, 7) is 6.48. The van der Waals surface area contributed by atoms with Gasteiger partial charge in [-0.1, -0.05) is 37.3 Å².